The molecule has 5 heteroatoms. The van der Waals surface area contributed by atoms with E-state index >= 15 is 0 Å². The van der Waals surface area contributed by atoms with Crippen LogP contribution in [0.15, 0.2) is 65.1 Å². The second-order valence-corrected chi connectivity index (χ2v) is 6.40. The molecule has 0 saturated heterocycles. The predicted octanol–water partition coefficient (Wildman–Crippen LogP) is 4.95. The van der Waals surface area contributed by atoms with Gasteiger partial charge < -0.3 is 10.6 Å². The standard InChI is InChI=1S/C19H19BrN4/c1-14-22-18(21-11-10-15-6-3-2-4-7-15)13-19(23-14)24-17-9-5-8-16(20)12-17/h2-9,12-13H,10-11H2,1H3,(H2,21,22,23,24). The normalized spacial score (nSPS) is 10.4. The average molecular weight is 383 g/mol. The molecule has 3 aromatic rings. The third kappa shape index (κ3) is 4.80. The molecular formula is C19H19BrN4. The molecular weight excluding hydrogens is 364 g/mol. The molecule has 1 aromatic heterocycles. The second-order valence-electron chi connectivity index (χ2n) is 5.48. The lowest BCUT2D eigenvalue weighted by Gasteiger charge is -2.10. The fourth-order valence-corrected chi connectivity index (χ4v) is 2.82. The highest BCUT2D eigenvalue weighted by molar-refractivity contribution is 9.10. The van der Waals surface area contributed by atoms with Gasteiger partial charge >= 0.3 is 0 Å². The van der Waals surface area contributed by atoms with E-state index in [1.165, 1.54) is 5.56 Å². The highest BCUT2D eigenvalue weighted by Crippen LogP contribution is 2.20. The number of aryl methyl sites for hydroxylation is 1. The number of rotatable bonds is 6. The van der Waals surface area contributed by atoms with Crippen molar-refractivity contribution in [3.05, 3.63) is 76.5 Å². The van der Waals surface area contributed by atoms with Gasteiger partial charge in [-0.1, -0.05) is 52.3 Å². The third-order valence-corrected chi connectivity index (χ3v) is 3.99. The molecule has 0 saturated carbocycles. The molecule has 0 amide bonds. The molecule has 1 heterocycles. The van der Waals surface area contributed by atoms with Crippen molar-refractivity contribution in [2.45, 2.75) is 13.3 Å². The molecule has 0 radical (unpaired) electrons. The second kappa shape index (κ2) is 7.93. The van der Waals surface area contributed by atoms with Crippen molar-refractivity contribution in [2.24, 2.45) is 0 Å². The van der Waals surface area contributed by atoms with E-state index in [2.05, 4.69) is 60.8 Å². The van der Waals surface area contributed by atoms with Gasteiger partial charge in [0, 0.05) is 22.8 Å². The fraction of sp³-hybridized carbons (Fsp3) is 0.158. The van der Waals surface area contributed by atoms with E-state index in [-0.39, 0.29) is 0 Å². The van der Waals surface area contributed by atoms with Crippen molar-refractivity contribution < 1.29 is 0 Å². The molecule has 0 bridgehead atoms. The van der Waals surface area contributed by atoms with Crippen molar-refractivity contribution in [3.8, 4) is 0 Å². The maximum Gasteiger partial charge on any atom is 0.136 e. The van der Waals surface area contributed by atoms with Crippen LogP contribution >= 0.6 is 15.9 Å². The first kappa shape index (κ1) is 16.5. The van der Waals surface area contributed by atoms with Crippen molar-refractivity contribution >= 4 is 33.3 Å². The maximum atomic E-state index is 4.45. The number of nitrogens with zero attached hydrogens (tertiary/aromatic N) is 2. The van der Waals surface area contributed by atoms with Crippen molar-refractivity contribution in [2.75, 3.05) is 17.2 Å². The molecule has 122 valence electrons. The number of hydrogen-bond donors (Lipinski definition) is 2. The summed E-state index contributed by atoms with van der Waals surface area (Å²) in [6.45, 7) is 2.73. The van der Waals surface area contributed by atoms with Crippen LogP contribution in [0.3, 0.4) is 0 Å². The Kier molecular flexibility index (Phi) is 5.43. The van der Waals surface area contributed by atoms with Gasteiger partial charge in [0.05, 0.1) is 0 Å². The largest absolute Gasteiger partial charge is 0.370 e. The van der Waals surface area contributed by atoms with Gasteiger partial charge in [0.2, 0.25) is 0 Å². The molecule has 0 aliphatic heterocycles. The molecule has 3 rings (SSSR count). The van der Waals surface area contributed by atoms with Crippen LogP contribution in [-0.4, -0.2) is 16.5 Å². The van der Waals surface area contributed by atoms with Gasteiger partial charge in [0.1, 0.15) is 17.5 Å². The van der Waals surface area contributed by atoms with Gasteiger partial charge in [0.15, 0.2) is 0 Å². The van der Waals surface area contributed by atoms with E-state index in [1.54, 1.807) is 0 Å². The Morgan fingerprint density at radius 1 is 0.917 bits per heavy atom. The van der Waals surface area contributed by atoms with Gasteiger partial charge in [-0.3, -0.25) is 0 Å². The Bertz CT molecular complexity index is 805. The smallest absolute Gasteiger partial charge is 0.136 e. The van der Waals surface area contributed by atoms with Gasteiger partial charge in [0.25, 0.3) is 0 Å². The predicted molar refractivity (Wildman–Crippen MR) is 103 cm³/mol. The summed E-state index contributed by atoms with van der Waals surface area (Å²) < 4.78 is 1.03. The van der Waals surface area contributed by atoms with Gasteiger partial charge in [-0.2, -0.15) is 0 Å². The van der Waals surface area contributed by atoms with Crippen molar-refractivity contribution in [1.29, 1.82) is 0 Å². The summed E-state index contributed by atoms with van der Waals surface area (Å²) >= 11 is 3.48. The van der Waals surface area contributed by atoms with Gasteiger partial charge in [-0.15, -0.1) is 0 Å². The number of benzene rings is 2. The molecule has 0 aliphatic rings. The Morgan fingerprint density at radius 2 is 1.71 bits per heavy atom. The molecule has 0 unspecified atom stereocenters. The van der Waals surface area contributed by atoms with Gasteiger partial charge in [-0.25, -0.2) is 9.97 Å². The first-order valence-corrected chi connectivity index (χ1v) is 8.64. The summed E-state index contributed by atoms with van der Waals surface area (Å²) in [6, 6.07) is 20.3. The topological polar surface area (TPSA) is 49.8 Å². The van der Waals surface area contributed by atoms with E-state index < -0.39 is 0 Å². The average Bonchev–Trinajstić information content (AvgIpc) is 2.55. The summed E-state index contributed by atoms with van der Waals surface area (Å²) in [7, 11) is 0. The molecule has 0 aliphatic carbocycles. The van der Waals surface area contributed by atoms with E-state index in [0.717, 1.165) is 40.6 Å². The first-order chi connectivity index (χ1) is 11.7. The quantitative estimate of drug-likeness (QED) is 0.633. The summed E-state index contributed by atoms with van der Waals surface area (Å²) in [5.74, 6) is 2.34. The van der Waals surface area contributed by atoms with Crippen LogP contribution in [0.1, 0.15) is 11.4 Å². The molecule has 4 nitrogen and oxygen atoms in total. The van der Waals surface area contributed by atoms with E-state index in [0.29, 0.717) is 0 Å². The highest BCUT2D eigenvalue weighted by atomic mass is 79.9. The van der Waals surface area contributed by atoms with Crippen LogP contribution in [0.25, 0.3) is 0 Å². The number of anilines is 3. The highest BCUT2D eigenvalue weighted by Gasteiger charge is 2.03. The SMILES string of the molecule is Cc1nc(NCCc2ccccc2)cc(Nc2cccc(Br)c2)n1. The lowest BCUT2D eigenvalue weighted by molar-refractivity contribution is 0.983. The fourth-order valence-electron chi connectivity index (χ4n) is 2.42. The zero-order valence-electron chi connectivity index (χ0n) is 13.5. The molecule has 0 atom stereocenters. The summed E-state index contributed by atoms with van der Waals surface area (Å²) in [5, 5.41) is 6.68. The Balaban J connectivity index is 1.65. The summed E-state index contributed by atoms with van der Waals surface area (Å²) in [5.41, 5.74) is 2.29. The number of nitrogens with one attached hydrogen (secondary N) is 2. The summed E-state index contributed by atoms with van der Waals surface area (Å²) in [4.78, 5) is 8.90. The minimum Gasteiger partial charge on any atom is -0.370 e. The van der Waals surface area contributed by atoms with E-state index in [1.807, 2.05) is 43.3 Å². The van der Waals surface area contributed by atoms with Crippen molar-refractivity contribution in [1.82, 2.24) is 9.97 Å². The minimum absolute atomic E-state index is 0.734. The zero-order valence-corrected chi connectivity index (χ0v) is 15.0. The maximum absolute atomic E-state index is 4.45. The van der Waals surface area contributed by atoms with Crippen LogP contribution in [0.2, 0.25) is 0 Å². The Morgan fingerprint density at radius 3 is 2.50 bits per heavy atom. The molecule has 0 spiro atoms. The van der Waals surface area contributed by atoms with Crippen LogP contribution in [0.5, 0.6) is 0 Å². The van der Waals surface area contributed by atoms with Crippen LogP contribution < -0.4 is 10.6 Å². The minimum atomic E-state index is 0.734. The number of halogens is 1. The monoisotopic (exact) mass is 382 g/mol. The lowest BCUT2D eigenvalue weighted by atomic mass is 10.1. The van der Waals surface area contributed by atoms with Crippen LogP contribution in [0, 0.1) is 6.92 Å². The first-order valence-electron chi connectivity index (χ1n) is 7.85. The van der Waals surface area contributed by atoms with Crippen LogP contribution in [0.4, 0.5) is 17.3 Å². The molecule has 2 aromatic carbocycles. The molecule has 24 heavy (non-hydrogen) atoms. The number of aromatic nitrogens is 2. The van der Waals surface area contributed by atoms with Gasteiger partial charge in [-0.05, 0) is 37.1 Å². The van der Waals surface area contributed by atoms with Crippen LogP contribution in [-0.2, 0) is 6.42 Å². The van der Waals surface area contributed by atoms with E-state index in [4.69, 9.17) is 0 Å². The third-order valence-electron chi connectivity index (χ3n) is 3.50. The summed E-state index contributed by atoms with van der Waals surface area (Å²) in [6.07, 6.45) is 0.957. The molecule has 2 N–H and O–H groups in total. The lowest BCUT2D eigenvalue weighted by Crippen LogP contribution is -2.08. The Labute approximate surface area is 150 Å². The van der Waals surface area contributed by atoms with E-state index in [9.17, 15) is 0 Å². The number of hydrogen-bond acceptors (Lipinski definition) is 4. The zero-order chi connectivity index (χ0) is 16.8. The van der Waals surface area contributed by atoms with Crippen molar-refractivity contribution in [3.63, 3.8) is 0 Å². The Hall–Kier alpha value is -2.40. The molecule has 0 fully saturated rings.